The van der Waals surface area contributed by atoms with Gasteiger partial charge >= 0.3 is 0 Å². The summed E-state index contributed by atoms with van der Waals surface area (Å²) >= 11 is -1.93. The second-order valence-corrected chi connectivity index (χ2v) is 8.42. The number of sulfonamides is 1. The smallest absolute Gasteiger partial charge is 0.238 e. The van der Waals surface area contributed by atoms with Gasteiger partial charge in [0.05, 0.1) is 10.6 Å². The molecule has 3 rings (SSSR count). The van der Waals surface area contributed by atoms with Crippen molar-refractivity contribution in [3.05, 3.63) is 78.1 Å². The Bertz CT molecular complexity index is 1100. The molecule has 0 aliphatic carbocycles. The van der Waals surface area contributed by atoms with Crippen LogP contribution in [0.2, 0.25) is 0 Å². The van der Waals surface area contributed by atoms with Crippen molar-refractivity contribution in [2.24, 2.45) is 5.14 Å². The van der Waals surface area contributed by atoms with Crippen LogP contribution in [0.4, 0.5) is 4.39 Å². The molecule has 0 fully saturated rings. The zero-order valence-corrected chi connectivity index (χ0v) is 15.6. The van der Waals surface area contributed by atoms with Crippen LogP contribution in [-0.2, 0) is 26.9 Å². The van der Waals surface area contributed by atoms with E-state index in [0.29, 0.717) is 16.7 Å². The van der Waals surface area contributed by atoms with E-state index in [0.717, 1.165) is 11.1 Å². The first-order valence-electron chi connectivity index (χ1n) is 7.83. The normalized spacial score (nSPS) is 12.7. The first kappa shape index (κ1) is 19.4. The molecule has 5 nitrogen and oxygen atoms in total. The minimum Gasteiger partial charge on any atom is -0.306 e. The van der Waals surface area contributed by atoms with Gasteiger partial charge in [-0.15, -0.1) is 0 Å². The van der Waals surface area contributed by atoms with Crippen molar-refractivity contribution in [2.75, 3.05) is 0 Å². The quantitative estimate of drug-likeness (QED) is 0.635. The van der Waals surface area contributed by atoms with Crippen molar-refractivity contribution < 1.29 is 21.6 Å². The molecule has 3 N–H and O–H groups in total. The first-order valence-corrected chi connectivity index (χ1v) is 10.7. The maximum absolute atomic E-state index is 13.3. The molecule has 0 spiro atoms. The van der Waals surface area contributed by atoms with Gasteiger partial charge in [-0.05, 0) is 52.1 Å². The highest BCUT2D eigenvalue weighted by atomic mass is 32.2. The second-order valence-electron chi connectivity index (χ2n) is 5.92. The van der Waals surface area contributed by atoms with Crippen molar-refractivity contribution in [2.45, 2.75) is 10.6 Å². The Morgan fingerprint density at radius 3 is 2.00 bits per heavy atom. The molecule has 27 heavy (non-hydrogen) atoms. The minimum absolute atomic E-state index is 0.0233. The van der Waals surface area contributed by atoms with Crippen LogP contribution in [0.15, 0.2) is 71.6 Å². The average molecular weight is 405 g/mol. The Balaban J connectivity index is 2.14. The summed E-state index contributed by atoms with van der Waals surface area (Å²) in [6.07, 6.45) is 0. The minimum atomic E-state index is -3.90. The molecule has 140 valence electrons. The fraction of sp³-hybridized carbons (Fsp3) is 0.0526. The highest BCUT2D eigenvalue weighted by Crippen LogP contribution is 2.34. The average Bonchev–Trinajstić information content (AvgIpc) is 2.61. The molecule has 8 heteroatoms. The van der Waals surface area contributed by atoms with Crippen molar-refractivity contribution in [1.29, 1.82) is 0 Å². The van der Waals surface area contributed by atoms with E-state index >= 15 is 0 Å². The van der Waals surface area contributed by atoms with Gasteiger partial charge in [0.1, 0.15) is 5.82 Å². The Morgan fingerprint density at radius 2 is 1.44 bits per heavy atom. The molecule has 0 amide bonds. The van der Waals surface area contributed by atoms with Gasteiger partial charge in [0.15, 0.2) is 11.1 Å². The topological polar surface area (TPSA) is 97.5 Å². The fourth-order valence-electron chi connectivity index (χ4n) is 2.74. The third kappa shape index (κ3) is 4.67. The molecule has 0 heterocycles. The van der Waals surface area contributed by atoms with Crippen molar-refractivity contribution in [3.8, 4) is 22.3 Å². The van der Waals surface area contributed by atoms with Crippen LogP contribution in [0, 0.1) is 5.82 Å². The van der Waals surface area contributed by atoms with E-state index in [2.05, 4.69) is 0 Å². The lowest BCUT2D eigenvalue weighted by Crippen LogP contribution is -2.12. The van der Waals surface area contributed by atoms with Gasteiger partial charge in [0.25, 0.3) is 0 Å². The van der Waals surface area contributed by atoms with E-state index in [1.54, 1.807) is 42.5 Å². The van der Waals surface area contributed by atoms with E-state index < -0.39 is 26.9 Å². The summed E-state index contributed by atoms with van der Waals surface area (Å²) in [4.78, 5) is -0.0436. The zero-order valence-electron chi connectivity index (χ0n) is 14.0. The van der Waals surface area contributed by atoms with Gasteiger partial charge in [-0.25, -0.2) is 22.2 Å². The molecule has 0 saturated heterocycles. The van der Waals surface area contributed by atoms with Crippen LogP contribution in [-0.4, -0.2) is 17.2 Å². The molecule has 0 bridgehead atoms. The summed E-state index contributed by atoms with van der Waals surface area (Å²) in [6, 6.07) is 17.2. The van der Waals surface area contributed by atoms with Crippen LogP contribution in [0.1, 0.15) is 5.56 Å². The van der Waals surface area contributed by atoms with E-state index in [4.69, 9.17) is 9.69 Å². The molecule has 0 radical (unpaired) electrons. The monoisotopic (exact) mass is 405 g/mol. The number of halogens is 1. The summed E-state index contributed by atoms with van der Waals surface area (Å²) in [7, 11) is -3.90. The molecule has 1 unspecified atom stereocenters. The molecular weight excluding hydrogens is 389 g/mol. The standard InChI is InChI=1S/C19H16FNO4S2/c20-16-7-5-15(6-8-16)19-11-17(27(21,24)25)9-10-18(19)14-3-1-13(2-4-14)12-26(22)23/h1-11H,12H2,(H,22,23)(H2,21,24,25). The molecular formula is C19H16FNO4S2. The lowest BCUT2D eigenvalue weighted by atomic mass is 9.94. The van der Waals surface area contributed by atoms with Crippen molar-refractivity contribution in [1.82, 2.24) is 0 Å². The lowest BCUT2D eigenvalue weighted by Gasteiger charge is -2.13. The SMILES string of the molecule is NS(=O)(=O)c1ccc(-c2ccc(CS(=O)O)cc2)c(-c2ccc(F)cc2)c1. The second kappa shape index (κ2) is 7.69. The molecule has 0 aliphatic heterocycles. The summed E-state index contributed by atoms with van der Waals surface area (Å²) in [5, 5.41) is 5.24. The Labute approximate surface area is 159 Å². The number of rotatable bonds is 5. The Hall–Kier alpha value is -2.39. The number of hydrogen-bond donors (Lipinski definition) is 2. The number of primary sulfonamides is 1. The highest BCUT2D eigenvalue weighted by molar-refractivity contribution is 7.89. The third-order valence-electron chi connectivity index (χ3n) is 4.03. The summed E-state index contributed by atoms with van der Waals surface area (Å²) in [5.41, 5.74) is 3.43. The van der Waals surface area contributed by atoms with E-state index in [-0.39, 0.29) is 10.6 Å². The third-order valence-corrected chi connectivity index (χ3v) is 5.52. The molecule has 3 aromatic rings. The number of hydrogen-bond acceptors (Lipinski definition) is 3. The summed E-state index contributed by atoms with van der Waals surface area (Å²) < 4.78 is 56.7. The van der Waals surface area contributed by atoms with Gasteiger partial charge in [-0.2, -0.15) is 0 Å². The van der Waals surface area contributed by atoms with Crippen molar-refractivity contribution >= 4 is 21.1 Å². The maximum Gasteiger partial charge on any atom is 0.238 e. The maximum atomic E-state index is 13.3. The van der Waals surface area contributed by atoms with E-state index in [1.807, 2.05) is 0 Å². The number of benzene rings is 3. The zero-order chi connectivity index (χ0) is 19.6. The first-order chi connectivity index (χ1) is 12.7. The molecule has 0 saturated carbocycles. The fourth-order valence-corrected chi connectivity index (χ4v) is 3.76. The van der Waals surface area contributed by atoms with E-state index in [1.165, 1.54) is 24.3 Å². The molecule has 0 aliphatic rings. The number of nitrogens with two attached hydrogens (primary N) is 1. The highest BCUT2D eigenvalue weighted by Gasteiger charge is 2.14. The van der Waals surface area contributed by atoms with Gasteiger partial charge in [-0.1, -0.05) is 42.5 Å². The van der Waals surface area contributed by atoms with Crippen LogP contribution < -0.4 is 5.14 Å². The lowest BCUT2D eigenvalue weighted by molar-refractivity contribution is 0.563. The largest absolute Gasteiger partial charge is 0.306 e. The van der Waals surface area contributed by atoms with Crippen LogP contribution in [0.5, 0.6) is 0 Å². The molecule has 1 atom stereocenters. The molecule has 3 aromatic carbocycles. The van der Waals surface area contributed by atoms with Gasteiger partial charge in [0.2, 0.25) is 10.0 Å². The van der Waals surface area contributed by atoms with Crippen LogP contribution >= 0.6 is 0 Å². The van der Waals surface area contributed by atoms with Crippen LogP contribution in [0.25, 0.3) is 22.3 Å². The predicted octanol–water partition coefficient (Wildman–Crippen LogP) is 3.53. The molecule has 0 aromatic heterocycles. The van der Waals surface area contributed by atoms with Gasteiger partial charge < -0.3 is 4.55 Å². The summed E-state index contributed by atoms with van der Waals surface area (Å²) in [6.45, 7) is 0. The van der Waals surface area contributed by atoms with Gasteiger partial charge in [-0.3, -0.25) is 0 Å². The summed E-state index contributed by atoms with van der Waals surface area (Å²) in [5.74, 6) is -0.376. The predicted molar refractivity (Wildman–Crippen MR) is 103 cm³/mol. The Morgan fingerprint density at radius 1 is 0.889 bits per heavy atom. The van der Waals surface area contributed by atoms with Crippen LogP contribution in [0.3, 0.4) is 0 Å². The Kier molecular flexibility index (Phi) is 5.52. The van der Waals surface area contributed by atoms with Crippen molar-refractivity contribution in [3.63, 3.8) is 0 Å². The van der Waals surface area contributed by atoms with Gasteiger partial charge in [0, 0.05) is 0 Å². The van der Waals surface area contributed by atoms with E-state index in [9.17, 15) is 17.0 Å².